The second-order valence-electron chi connectivity index (χ2n) is 7.51. The van der Waals surface area contributed by atoms with Crippen molar-refractivity contribution in [1.82, 2.24) is 14.5 Å². The number of imidazole rings is 1. The lowest BCUT2D eigenvalue weighted by atomic mass is 9.93. The zero-order chi connectivity index (χ0) is 25.3. The number of halogens is 6. The quantitative estimate of drug-likeness (QED) is 0.444. The van der Waals surface area contributed by atoms with E-state index in [1.807, 2.05) is 0 Å². The number of fused-ring (bicyclic) bond motifs is 1. The summed E-state index contributed by atoms with van der Waals surface area (Å²) in [5, 5.41) is 12.9. The molecule has 1 amide bonds. The molecule has 0 unspecified atom stereocenters. The Balaban J connectivity index is 2.08. The fraction of sp³-hybridized carbons (Fsp3) is 0.381. The number of nitrogens with zero attached hydrogens (tertiary/aromatic N) is 3. The highest BCUT2D eigenvalue weighted by atomic mass is 19.4. The van der Waals surface area contributed by atoms with Crippen LogP contribution in [0.25, 0.3) is 16.9 Å². The number of amides is 1. The molecule has 0 atom stereocenters. The number of hydrogen-bond acceptors (Lipinski definition) is 5. The van der Waals surface area contributed by atoms with Crippen molar-refractivity contribution in [2.75, 3.05) is 5.32 Å². The van der Waals surface area contributed by atoms with Crippen molar-refractivity contribution in [3.8, 4) is 11.4 Å². The maximum Gasteiger partial charge on any atom is 0.573 e. The molecular formula is C21H20F6N4O3. The molecule has 0 radical (unpaired) electrons. The van der Waals surface area contributed by atoms with Crippen LogP contribution < -0.4 is 10.1 Å². The van der Waals surface area contributed by atoms with Gasteiger partial charge < -0.3 is 9.84 Å². The third-order valence-corrected chi connectivity index (χ3v) is 5.18. The number of anilines is 1. The van der Waals surface area contributed by atoms with Crippen molar-refractivity contribution in [2.24, 2.45) is 0 Å². The van der Waals surface area contributed by atoms with Crippen molar-refractivity contribution in [3.05, 3.63) is 42.1 Å². The number of alkyl halides is 6. The van der Waals surface area contributed by atoms with Crippen LogP contribution in [0.5, 0.6) is 5.75 Å². The molecule has 2 heterocycles. The van der Waals surface area contributed by atoms with E-state index in [0.717, 1.165) is 41.0 Å². The number of aromatic nitrogens is 3. The van der Waals surface area contributed by atoms with Crippen LogP contribution in [-0.4, -0.2) is 37.5 Å². The zero-order valence-corrected chi connectivity index (χ0v) is 18.0. The SMILES string of the molecule is CCC(O)(CC)CC(=O)Nc1nc2ccc(C(F)(F)F)nc2n1-c1ccc(OC(F)(F)F)cc1. The molecule has 0 aliphatic rings. The van der Waals surface area contributed by atoms with Gasteiger partial charge in [-0.05, 0) is 49.2 Å². The van der Waals surface area contributed by atoms with E-state index in [-0.39, 0.29) is 42.1 Å². The molecule has 34 heavy (non-hydrogen) atoms. The summed E-state index contributed by atoms with van der Waals surface area (Å²) >= 11 is 0. The van der Waals surface area contributed by atoms with E-state index < -0.39 is 35.5 Å². The number of nitrogens with one attached hydrogen (secondary N) is 1. The molecule has 0 aliphatic carbocycles. The summed E-state index contributed by atoms with van der Waals surface area (Å²) in [4.78, 5) is 20.3. The molecule has 0 bridgehead atoms. The first-order chi connectivity index (χ1) is 15.7. The lowest BCUT2D eigenvalue weighted by molar-refractivity contribution is -0.274. The first kappa shape index (κ1) is 25.3. The molecule has 0 spiro atoms. The number of ether oxygens (including phenoxy) is 1. The van der Waals surface area contributed by atoms with Crippen LogP contribution in [0.3, 0.4) is 0 Å². The second-order valence-corrected chi connectivity index (χ2v) is 7.51. The van der Waals surface area contributed by atoms with Gasteiger partial charge in [0.2, 0.25) is 11.9 Å². The van der Waals surface area contributed by atoms with Crippen LogP contribution >= 0.6 is 0 Å². The molecule has 7 nitrogen and oxygen atoms in total. The number of benzene rings is 1. The molecule has 13 heteroatoms. The van der Waals surface area contributed by atoms with Crippen molar-refractivity contribution in [1.29, 1.82) is 0 Å². The number of aliphatic hydroxyl groups is 1. The Labute approximate surface area is 189 Å². The molecule has 3 rings (SSSR count). The van der Waals surface area contributed by atoms with Gasteiger partial charge in [0.05, 0.1) is 17.7 Å². The summed E-state index contributed by atoms with van der Waals surface area (Å²) in [6.45, 7) is 3.39. The molecule has 1 aromatic carbocycles. The van der Waals surface area contributed by atoms with Gasteiger partial charge in [-0.1, -0.05) is 13.8 Å². The summed E-state index contributed by atoms with van der Waals surface area (Å²) in [7, 11) is 0. The monoisotopic (exact) mass is 490 g/mol. The van der Waals surface area contributed by atoms with Crippen molar-refractivity contribution in [3.63, 3.8) is 0 Å². The number of hydrogen-bond donors (Lipinski definition) is 2. The van der Waals surface area contributed by atoms with Gasteiger partial charge in [0, 0.05) is 0 Å². The first-order valence-electron chi connectivity index (χ1n) is 10.1. The predicted octanol–water partition coefficient (Wildman–Crippen LogP) is 5.22. The van der Waals surface area contributed by atoms with E-state index >= 15 is 0 Å². The molecule has 2 aromatic heterocycles. The Morgan fingerprint density at radius 2 is 1.62 bits per heavy atom. The van der Waals surface area contributed by atoms with Gasteiger partial charge in [-0.3, -0.25) is 14.7 Å². The Morgan fingerprint density at radius 3 is 2.15 bits per heavy atom. The van der Waals surface area contributed by atoms with Crippen molar-refractivity contribution < 1.29 is 41.0 Å². The Bertz CT molecular complexity index is 1170. The summed E-state index contributed by atoms with van der Waals surface area (Å²) in [6.07, 6.45) is -9.44. The number of carbonyl (C=O) groups excluding carboxylic acids is 1. The summed E-state index contributed by atoms with van der Waals surface area (Å²) in [6, 6.07) is 6.00. The average molecular weight is 490 g/mol. The van der Waals surface area contributed by atoms with E-state index in [1.165, 1.54) is 0 Å². The summed E-state index contributed by atoms with van der Waals surface area (Å²) in [5.41, 5.74) is -2.72. The highest BCUT2D eigenvalue weighted by molar-refractivity contribution is 5.92. The van der Waals surface area contributed by atoms with Crippen LogP contribution in [-0.2, 0) is 11.0 Å². The fourth-order valence-electron chi connectivity index (χ4n) is 3.21. The second kappa shape index (κ2) is 9.12. The largest absolute Gasteiger partial charge is 0.573 e. The zero-order valence-electron chi connectivity index (χ0n) is 18.0. The number of carbonyl (C=O) groups is 1. The van der Waals surface area contributed by atoms with E-state index in [1.54, 1.807) is 13.8 Å². The van der Waals surface area contributed by atoms with Gasteiger partial charge >= 0.3 is 12.5 Å². The van der Waals surface area contributed by atoms with Crippen LogP contribution in [0, 0.1) is 0 Å². The van der Waals surface area contributed by atoms with Gasteiger partial charge in [0.1, 0.15) is 17.0 Å². The summed E-state index contributed by atoms with van der Waals surface area (Å²) in [5.74, 6) is -1.42. The highest BCUT2D eigenvalue weighted by Gasteiger charge is 2.34. The smallest absolute Gasteiger partial charge is 0.406 e. The molecule has 0 fully saturated rings. The van der Waals surface area contributed by atoms with Crippen LogP contribution in [0.4, 0.5) is 32.3 Å². The Morgan fingerprint density at radius 1 is 1.00 bits per heavy atom. The minimum absolute atomic E-state index is 0.000151. The molecule has 0 saturated heterocycles. The molecule has 3 aromatic rings. The minimum Gasteiger partial charge on any atom is -0.406 e. The normalized spacial score (nSPS) is 12.7. The van der Waals surface area contributed by atoms with E-state index in [0.29, 0.717) is 0 Å². The van der Waals surface area contributed by atoms with Crippen LogP contribution in [0.15, 0.2) is 36.4 Å². The molecule has 0 saturated carbocycles. The Hall–Kier alpha value is -3.35. The van der Waals surface area contributed by atoms with E-state index in [9.17, 15) is 36.2 Å². The number of pyridine rings is 1. The molecule has 184 valence electrons. The molecular weight excluding hydrogens is 470 g/mol. The number of rotatable bonds is 7. The van der Waals surface area contributed by atoms with Crippen molar-refractivity contribution in [2.45, 2.75) is 51.2 Å². The topological polar surface area (TPSA) is 89.3 Å². The predicted molar refractivity (Wildman–Crippen MR) is 109 cm³/mol. The third kappa shape index (κ3) is 5.76. The lowest BCUT2D eigenvalue weighted by Gasteiger charge is -2.24. The maximum absolute atomic E-state index is 13.2. The molecule has 2 N–H and O–H groups in total. The van der Waals surface area contributed by atoms with Crippen molar-refractivity contribution >= 4 is 23.0 Å². The molecule has 0 aliphatic heterocycles. The van der Waals surface area contributed by atoms with E-state index in [4.69, 9.17) is 0 Å². The van der Waals surface area contributed by atoms with E-state index in [2.05, 4.69) is 20.0 Å². The standard InChI is InChI=1S/C21H20F6N4O3/c1-3-19(33,4-2)11-16(32)30-18-28-14-9-10-15(20(22,23)24)29-17(14)31(18)12-5-7-13(8-6-12)34-21(25,26)27/h5-10,33H,3-4,11H2,1-2H3,(H,28,30,32). The average Bonchev–Trinajstić information content (AvgIpc) is 3.09. The van der Waals surface area contributed by atoms with Crippen LogP contribution in [0.1, 0.15) is 38.8 Å². The minimum atomic E-state index is -4.93. The Kier molecular flexibility index (Phi) is 6.78. The highest BCUT2D eigenvalue weighted by Crippen LogP contribution is 2.32. The van der Waals surface area contributed by atoms with Gasteiger partial charge in [0.25, 0.3) is 0 Å². The van der Waals surface area contributed by atoms with Gasteiger partial charge in [0.15, 0.2) is 5.65 Å². The fourth-order valence-corrected chi connectivity index (χ4v) is 3.21. The first-order valence-corrected chi connectivity index (χ1v) is 10.1. The van der Waals surface area contributed by atoms with Gasteiger partial charge in [-0.25, -0.2) is 9.97 Å². The maximum atomic E-state index is 13.2. The lowest BCUT2D eigenvalue weighted by Crippen LogP contribution is -2.33. The van der Waals surface area contributed by atoms with Gasteiger partial charge in [-0.15, -0.1) is 13.2 Å². The third-order valence-electron chi connectivity index (χ3n) is 5.18. The van der Waals surface area contributed by atoms with Crippen LogP contribution in [0.2, 0.25) is 0 Å². The summed E-state index contributed by atoms with van der Waals surface area (Å²) < 4.78 is 81.9. The van der Waals surface area contributed by atoms with Gasteiger partial charge in [-0.2, -0.15) is 13.2 Å².